The fourth-order valence-electron chi connectivity index (χ4n) is 2.42. The second kappa shape index (κ2) is 7.91. The monoisotopic (exact) mass is 364 g/mol. The third kappa shape index (κ3) is 4.14. The lowest BCUT2D eigenvalue weighted by Gasteiger charge is -2.18. The smallest absolute Gasteiger partial charge is 0.388 e. The van der Waals surface area contributed by atoms with Crippen LogP contribution in [0.5, 0.6) is 11.8 Å². The Morgan fingerprint density at radius 1 is 1.27 bits per heavy atom. The summed E-state index contributed by atoms with van der Waals surface area (Å²) in [7, 11) is 0. The fourth-order valence-corrected chi connectivity index (χ4v) is 2.42. The normalized spacial score (nSPS) is 13.6. The van der Waals surface area contributed by atoms with E-state index in [0.717, 1.165) is 11.4 Å². The minimum absolute atomic E-state index is 0.168. The molecular weight excluding hydrogens is 346 g/mol. The Morgan fingerprint density at radius 2 is 2.12 bits per heavy atom. The Bertz CT molecular complexity index is 802. The highest BCUT2D eigenvalue weighted by molar-refractivity contribution is 5.80. The van der Waals surface area contributed by atoms with Gasteiger partial charge in [0.2, 0.25) is 11.8 Å². The Hall–Kier alpha value is -3.01. The van der Waals surface area contributed by atoms with Gasteiger partial charge < -0.3 is 9.47 Å². The molecule has 0 unspecified atom stereocenters. The molecule has 0 saturated heterocycles. The van der Waals surface area contributed by atoms with E-state index in [4.69, 9.17) is 4.74 Å². The molecule has 8 nitrogen and oxygen atoms in total. The minimum atomic E-state index is -2.94. The quantitative estimate of drug-likeness (QED) is 0.780. The van der Waals surface area contributed by atoms with Crippen molar-refractivity contribution < 1.29 is 18.3 Å². The first-order valence-corrected chi connectivity index (χ1v) is 7.92. The number of hydrogen-bond donors (Lipinski definition) is 2. The van der Waals surface area contributed by atoms with E-state index in [1.807, 2.05) is 19.9 Å². The van der Waals surface area contributed by atoms with Gasteiger partial charge in [-0.1, -0.05) is 0 Å². The molecule has 0 aliphatic carbocycles. The maximum Gasteiger partial charge on any atom is 0.388 e. The molecule has 3 rings (SSSR count). The molecule has 0 fully saturated rings. The van der Waals surface area contributed by atoms with E-state index in [9.17, 15) is 8.78 Å². The van der Waals surface area contributed by atoms with E-state index < -0.39 is 6.61 Å². The summed E-state index contributed by atoms with van der Waals surface area (Å²) >= 11 is 0. The molecule has 1 aliphatic rings. The summed E-state index contributed by atoms with van der Waals surface area (Å²) in [6.07, 6.45) is 3.09. The molecule has 26 heavy (non-hydrogen) atoms. The van der Waals surface area contributed by atoms with Crippen molar-refractivity contribution in [3.05, 3.63) is 36.2 Å². The van der Waals surface area contributed by atoms with Crippen molar-refractivity contribution in [2.45, 2.75) is 27.0 Å². The summed E-state index contributed by atoms with van der Waals surface area (Å²) in [6, 6.07) is 4.99. The number of ether oxygens (including phenoxy) is 2. The zero-order chi connectivity index (χ0) is 18.5. The summed E-state index contributed by atoms with van der Waals surface area (Å²) in [5.41, 5.74) is 7.71. The van der Waals surface area contributed by atoms with Crippen molar-refractivity contribution in [1.82, 2.24) is 26.0 Å². The standard InChI is InChI=1S/C16H18F2N6O2/c1-3-25-15-13(12-4-5-19-14(7-12)26-16(17)18)6-11(8-20-15)9-24-10(2)21-22-23-24/h4-8,16,22-23H,3,9H2,1-2H3. The van der Waals surface area contributed by atoms with Gasteiger partial charge in [0.05, 0.1) is 13.2 Å². The summed E-state index contributed by atoms with van der Waals surface area (Å²) in [5, 5.41) is 5.83. The van der Waals surface area contributed by atoms with Gasteiger partial charge in [-0.2, -0.15) is 8.78 Å². The number of hydrazone groups is 1. The van der Waals surface area contributed by atoms with Crippen molar-refractivity contribution in [2.75, 3.05) is 6.61 Å². The molecule has 2 aromatic heterocycles. The van der Waals surface area contributed by atoms with Crippen LogP contribution < -0.4 is 20.5 Å². The second-order valence-corrected chi connectivity index (χ2v) is 5.36. The lowest BCUT2D eigenvalue weighted by molar-refractivity contribution is -0.0528. The molecule has 0 radical (unpaired) electrons. The molecule has 138 valence electrons. The van der Waals surface area contributed by atoms with Crippen LogP contribution in [0.3, 0.4) is 0 Å². The maximum atomic E-state index is 12.5. The zero-order valence-electron chi connectivity index (χ0n) is 14.2. The van der Waals surface area contributed by atoms with Crippen LogP contribution in [0, 0.1) is 0 Å². The number of rotatable bonds is 7. The van der Waals surface area contributed by atoms with E-state index in [1.165, 1.54) is 12.3 Å². The number of aromatic nitrogens is 2. The number of nitrogens with zero attached hydrogens (tertiary/aromatic N) is 4. The summed E-state index contributed by atoms with van der Waals surface area (Å²) in [4.78, 5) is 8.15. The summed E-state index contributed by atoms with van der Waals surface area (Å²) in [6.45, 7) is 1.68. The number of pyridine rings is 2. The van der Waals surface area contributed by atoms with Crippen LogP contribution >= 0.6 is 0 Å². The fraction of sp³-hybridized carbons (Fsp3) is 0.312. The van der Waals surface area contributed by atoms with Crippen LogP contribution in [0.2, 0.25) is 0 Å². The van der Waals surface area contributed by atoms with Crippen molar-refractivity contribution in [3.8, 4) is 22.9 Å². The third-order valence-corrected chi connectivity index (χ3v) is 3.58. The highest BCUT2D eigenvalue weighted by Crippen LogP contribution is 2.31. The van der Waals surface area contributed by atoms with E-state index >= 15 is 0 Å². The van der Waals surface area contributed by atoms with Crippen LogP contribution in [0.15, 0.2) is 35.7 Å². The molecule has 0 aromatic carbocycles. The molecule has 2 aromatic rings. The summed E-state index contributed by atoms with van der Waals surface area (Å²) < 4.78 is 34.9. The van der Waals surface area contributed by atoms with Gasteiger partial charge in [0.25, 0.3) is 0 Å². The highest BCUT2D eigenvalue weighted by atomic mass is 19.3. The van der Waals surface area contributed by atoms with Gasteiger partial charge in [-0.3, -0.25) is 5.01 Å². The van der Waals surface area contributed by atoms with E-state index in [-0.39, 0.29) is 5.88 Å². The third-order valence-electron chi connectivity index (χ3n) is 3.58. The van der Waals surface area contributed by atoms with E-state index in [0.29, 0.717) is 30.2 Å². The van der Waals surface area contributed by atoms with Gasteiger partial charge in [0, 0.05) is 24.0 Å². The van der Waals surface area contributed by atoms with Crippen LogP contribution in [0.25, 0.3) is 11.1 Å². The molecule has 0 saturated carbocycles. The van der Waals surface area contributed by atoms with Crippen molar-refractivity contribution in [1.29, 1.82) is 0 Å². The minimum Gasteiger partial charge on any atom is -0.478 e. The zero-order valence-corrected chi connectivity index (χ0v) is 14.2. The Labute approximate surface area is 148 Å². The van der Waals surface area contributed by atoms with Gasteiger partial charge in [-0.05, 0) is 37.1 Å². The Balaban J connectivity index is 1.92. The van der Waals surface area contributed by atoms with Gasteiger partial charge >= 0.3 is 6.61 Å². The first-order chi connectivity index (χ1) is 12.6. The Morgan fingerprint density at radius 3 is 2.81 bits per heavy atom. The molecular formula is C16H18F2N6O2. The van der Waals surface area contributed by atoms with E-state index in [2.05, 4.69) is 30.9 Å². The van der Waals surface area contributed by atoms with Crippen LogP contribution in [-0.4, -0.2) is 34.0 Å². The van der Waals surface area contributed by atoms with E-state index in [1.54, 1.807) is 17.3 Å². The number of halogens is 2. The topological polar surface area (TPSA) is 83.9 Å². The van der Waals surface area contributed by atoms with Gasteiger partial charge in [-0.25, -0.2) is 15.5 Å². The molecule has 0 atom stereocenters. The molecule has 0 amide bonds. The van der Waals surface area contributed by atoms with Crippen LogP contribution in [-0.2, 0) is 6.54 Å². The lowest BCUT2D eigenvalue weighted by atomic mass is 10.1. The van der Waals surface area contributed by atoms with Crippen molar-refractivity contribution >= 4 is 5.84 Å². The SMILES string of the molecule is CCOc1ncc(CN2NNN=C2C)cc1-c1ccnc(OC(F)F)c1. The highest BCUT2D eigenvalue weighted by Gasteiger charge is 2.16. The predicted octanol–water partition coefficient (Wildman–Crippen LogP) is 2.30. The number of amidine groups is 1. The first-order valence-electron chi connectivity index (χ1n) is 7.92. The number of nitrogens with one attached hydrogen (secondary N) is 2. The summed E-state index contributed by atoms with van der Waals surface area (Å²) in [5.74, 6) is 1.01. The molecule has 3 heterocycles. The molecule has 0 bridgehead atoms. The molecule has 2 N–H and O–H groups in total. The largest absolute Gasteiger partial charge is 0.478 e. The van der Waals surface area contributed by atoms with Crippen LogP contribution in [0.4, 0.5) is 8.78 Å². The van der Waals surface area contributed by atoms with Crippen LogP contribution in [0.1, 0.15) is 19.4 Å². The first kappa shape index (κ1) is 17.8. The second-order valence-electron chi connectivity index (χ2n) is 5.36. The van der Waals surface area contributed by atoms with Gasteiger partial charge in [-0.15, -0.1) is 10.6 Å². The van der Waals surface area contributed by atoms with Gasteiger partial charge in [0.1, 0.15) is 5.84 Å². The average Bonchev–Trinajstić information content (AvgIpc) is 3.01. The number of alkyl halides is 2. The molecule has 1 aliphatic heterocycles. The van der Waals surface area contributed by atoms with Gasteiger partial charge in [0.15, 0.2) is 0 Å². The predicted molar refractivity (Wildman–Crippen MR) is 90.2 cm³/mol. The Kier molecular flexibility index (Phi) is 5.42. The number of hydrogen-bond acceptors (Lipinski definition) is 8. The maximum absolute atomic E-state index is 12.5. The average molecular weight is 364 g/mol. The van der Waals surface area contributed by atoms with Crippen molar-refractivity contribution in [3.63, 3.8) is 0 Å². The number of hydrazine groups is 2. The lowest BCUT2D eigenvalue weighted by Crippen LogP contribution is -2.39. The molecule has 0 spiro atoms. The molecule has 10 heteroatoms. The van der Waals surface area contributed by atoms with Crippen molar-refractivity contribution in [2.24, 2.45) is 5.10 Å².